The third-order valence-corrected chi connectivity index (χ3v) is 4.86. The van der Waals surface area contributed by atoms with Gasteiger partial charge in [-0.25, -0.2) is 0 Å². The summed E-state index contributed by atoms with van der Waals surface area (Å²) in [5.74, 6) is -2.07. The second-order valence-corrected chi connectivity index (χ2v) is 7.45. The Bertz CT molecular complexity index is 671. The third-order valence-electron chi connectivity index (χ3n) is 3.71. The molecule has 2 atom stereocenters. The summed E-state index contributed by atoms with van der Waals surface area (Å²) in [6.07, 6.45) is 0.0570. The molecular formula is C11H8F5NO2S. The van der Waals surface area contributed by atoms with Crippen molar-refractivity contribution in [1.29, 1.82) is 0 Å². The zero-order valence-corrected chi connectivity index (χ0v) is 10.5. The molecule has 9 heteroatoms. The number of fused-ring (bicyclic) bond motifs is 1. The molecule has 1 N–H and O–H groups in total. The van der Waals surface area contributed by atoms with Crippen LogP contribution in [0.1, 0.15) is 12.0 Å². The first kappa shape index (κ1) is 13.3. The second-order valence-electron chi connectivity index (χ2n) is 5.04. The van der Waals surface area contributed by atoms with Crippen molar-refractivity contribution < 1.29 is 29.0 Å². The standard InChI is InChI=1S/C11H8F5NO2S/c12-20(13,14,15,16)7-3-1-2-6(4-7)11-5-8(11)9(18)17-10(11)19/h1-4,8H,5H2,(H,17,18,19)/t8-,11+/m1/s1. The molecule has 0 unspecified atom stereocenters. The molecule has 0 spiro atoms. The number of nitrogens with one attached hydrogen (secondary N) is 1. The SMILES string of the molecule is O=C1NC(=O)[C@]2(c3cccc(S(F)(F)(F)(F)F)c3)C[C@H]12. The molecule has 1 saturated heterocycles. The van der Waals surface area contributed by atoms with Crippen LogP contribution in [0.4, 0.5) is 19.4 Å². The Balaban J connectivity index is 2.12. The lowest BCUT2D eigenvalue weighted by molar-refractivity contribution is -0.127. The molecule has 1 aromatic rings. The van der Waals surface area contributed by atoms with Gasteiger partial charge in [0.15, 0.2) is 0 Å². The third kappa shape index (κ3) is 1.72. The minimum absolute atomic E-state index is 0.0570. The fourth-order valence-electron chi connectivity index (χ4n) is 2.60. The number of amides is 2. The molecule has 1 heterocycles. The normalized spacial score (nSPS) is 32.1. The maximum absolute atomic E-state index is 12.8. The number of piperidine rings is 1. The van der Waals surface area contributed by atoms with Crippen molar-refractivity contribution in [2.75, 3.05) is 0 Å². The fourth-order valence-corrected chi connectivity index (χ4v) is 3.29. The lowest BCUT2D eigenvalue weighted by atomic mass is 9.94. The molecule has 1 saturated carbocycles. The summed E-state index contributed by atoms with van der Waals surface area (Å²) >= 11 is 0. The first-order valence-electron chi connectivity index (χ1n) is 5.54. The number of hydrogen-bond acceptors (Lipinski definition) is 2. The topological polar surface area (TPSA) is 46.2 Å². The molecule has 0 aromatic heterocycles. The molecule has 1 aliphatic carbocycles. The average molecular weight is 313 g/mol. The van der Waals surface area contributed by atoms with Crippen LogP contribution in [-0.2, 0) is 15.0 Å². The summed E-state index contributed by atoms with van der Waals surface area (Å²) in [4.78, 5) is 20.9. The Hall–Kier alpha value is -1.64. The van der Waals surface area contributed by atoms with E-state index >= 15 is 0 Å². The predicted molar refractivity (Wildman–Crippen MR) is 60.8 cm³/mol. The highest BCUT2D eigenvalue weighted by Gasteiger charge is 2.71. The quantitative estimate of drug-likeness (QED) is 0.673. The highest BCUT2D eigenvalue weighted by atomic mass is 32.5. The van der Waals surface area contributed by atoms with E-state index in [2.05, 4.69) is 0 Å². The van der Waals surface area contributed by atoms with E-state index in [4.69, 9.17) is 0 Å². The Kier molecular flexibility index (Phi) is 1.90. The first-order valence-corrected chi connectivity index (χ1v) is 7.50. The number of carbonyl (C=O) groups excluding carboxylic acids is 2. The summed E-state index contributed by atoms with van der Waals surface area (Å²) in [5, 5.41) is 2.00. The molecule has 2 amide bonds. The maximum atomic E-state index is 12.8. The molecule has 1 aromatic carbocycles. The average Bonchev–Trinajstić information content (AvgIpc) is 2.97. The van der Waals surface area contributed by atoms with Crippen LogP contribution in [0.3, 0.4) is 0 Å². The van der Waals surface area contributed by atoms with Crippen LogP contribution in [0.15, 0.2) is 29.2 Å². The fraction of sp³-hybridized carbons (Fsp3) is 0.273. The van der Waals surface area contributed by atoms with Gasteiger partial charge in [0.1, 0.15) is 4.90 Å². The molecular weight excluding hydrogens is 305 g/mol. The number of carbonyl (C=O) groups is 2. The summed E-state index contributed by atoms with van der Waals surface area (Å²) in [6.45, 7) is 0. The molecule has 2 aliphatic rings. The summed E-state index contributed by atoms with van der Waals surface area (Å²) in [6, 6.07) is 2.53. The summed E-state index contributed by atoms with van der Waals surface area (Å²) < 4.78 is 63.8. The van der Waals surface area contributed by atoms with Gasteiger partial charge in [0.25, 0.3) is 0 Å². The van der Waals surface area contributed by atoms with Crippen LogP contribution in [0.2, 0.25) is 0 Å². The Morgan fingerprint density at radius 3 is 2.25 bits per heavy atom. The molecule has 0 radical (unpaired) electrons. The number of imide groups is 1. The summed E-state index contributed by atoms with van der Waals surface area (Å²) in [5.41, 5.74) is -1.60. The lowest BCUT2D eigenvalue weighted by Gasteiger charge is -2.40. The largest absolute Gasteiger partial charge is 0.310 e. The van der Waals surface area contributed by atoms with Crippen LogP contribution >= 0.6 is 10.2 Å². The molecule has 3 rings (SSSR count). The number of rotatable bonds is 2. The van der Waals surface area contributed by atoms with Gasteiger partial charge >= 0.3 is 10.2 Å². The van der Waals surface area contributed by atoms with Gasteiger partial charge < -0.3 is 0 Å². The van der Waals surface area contributed by atoms with Gasteiger partial charge in [0.05, 0.1) is 11.3 Å². The minimum Gasteiger partial charge on any atom is -0.295 e. The van der Waals surface area contributed by atoms with Gasteiger partial charge in [0, 0.05) is 0 Å². The van der Waals surface area contributed by atoms with E-state index in [0.29, 0.717) is 0 Å². The zero-order chi connectivity index (χ0) is 15.0. The van der Waals surface area contributed by atoms with Gasteiger partial charge in [-0.2, -0.15) is 0 Å². The number of hydrogen-bond donors (Lipinski definition) is 1. The number of benzene rings is 1. The first-order chi connectivity index (χ1) is 8.84. The van der Waals surface area contributed by atoms with E-state index in [1.54, 1.807) is 0 Å². The van der Waals surface area contributed by atoms with Gasteiger partial charge in [-0.1, -0.05) is 31.6 Å². The van der Waals surface area contributed by atoms with E-state index in [-0.39, 0.29) is 24.1 Å². The van der Waals surface area contributed by atoms with Gasteiger partial charge in [-0.3, -0.25) is 14.9 Å². The van der Waals surface area contributed by atoms with E-state index in [1.807, 2.05) is 5.32 Å². The van der Waals surface area contributed by atoms with Crippen LogP contribution in [0.5, 0.6) is 0 Å². The van der Waals surface area contributed by atoms with E-state index in [0.717, 1.165) is 12.1 Å². The van der Waals surface area contributed by atoms with Gasteiger partial charge in [-0.15, -0.1) is 0 Å². The minimum atomic E-state index is -9.80. The van der Waals surface area contributed by atoms with Crippen molar-refractivity contribution in [2.24, 2.45) is 5.92 Å². The molecule has 0 bridgehead atoms. The van der Waals surface area contributed by atoms with Crippen molar-refractivity contribution in [2.45, 2.75) is 16.7 Å². The highest BCUT2D eigenvalue weighted by molar-refractivity contribution is 8.45. The molecule has 1 aliphatic heterocycles. The zero-order valence-electron chi connectivity index (χ0n) is 9.71. The number of halogens is 5. The monoisotopic (exact) mass is 313 g/mol. The van der Waals surface area contributed by atoms with E-state index in [1.165, 1.54) is 0 Å². The highest BCUT2D eigenvalue weighted by Crippen LogP contribution is 3.02. The molecule has 20 heavy (non-hydrogen) atoms. The Morgan fingerprint density at radius 2 is 1.80 bits per heavy atom. The summed E-state index contributed by atoms with van der Waals surface area (Å²) in [7, 11) is -9.80. The van der Waals surface area contributed by atoms with Crippen molar-refractivity contribution in [3.05, 3.63) is 29.8 Å². The second kappa shape index (κ2) is 2.85. The van der Waals surface area contributed by atoms with E-state index < -0.39 is 38.3 Å². The van der Waals surface area contributed by atoms with Crippen molar-refractivity contribution in [3.63, 3.8) is 0 Å². The Labute approximate surface area is 109 Å². The van der Waals surface area contributed by atoms with Gasteiger partial charge in [0.2, 0.25) is 11.8 Å². The molecule has 3 nitrogen and oxygen atoms in total. The van der Waals surface area contributed by atoms with Crippen LogP contribution < -0.4 is 5.32 Å². The van der Waals surface area contributed by atoms with Crippen molar-refractivity contribution >= 4 is 22.0 Å². The Morgan fingerprint density at radius 1 is 1.15 bits per heavy atom. The van der Waals surface area contributed by atoms with Crippen molar-refractivity contribution in [3.8, 4) is 0 Å². The molecule has 110 valence electrons. The van der Waals surface area contributed by atoms with Crippen molar-refractivity contribution in [1.82, 2.24) is 5.32 Å². The van der Waals surface area contributed by atoms with Crippen LogP contribution in [-0.4, -0.2) is 11.8 Å². The molecule has 2 fully saturated rings. The van der Waals surface area contributed by atoms with E-state index in [9.17, 15) is 29.0 Å². The van der Waals surface area contributed by atoms with Crippen LogP contribution in [0.25, 0.3) is 0 Å². The van der Waals surface area contributed by atoms with Gasteiger partial charge in [-0.05, 0) is 24.1 Å². The smallest absolute Gasteiger partial charge is 0.295 e. The van der Waals surface area contributed by atoms with Crippen LogP contribution in [0, 0.1) is 5.92 Å². The lowest BCUT2D eigenvalue weighted by Crippen LogP contribution is -2.30. The predicted octanol–water partition coefficient (Wildman–Crippen LogP) is 3.26. The maximum Gasteiger partial charge on any atom is 0.310 e.